The summed E-state index contributed by atoms with van der Waals surface area (Å²) in [6.45, 7) is 3.16. The summed E-state index contributed by atoms with van der Waals surface area (Å²) in [5.74, 6) is -3.40. The molecule has 6 nitrogen and oxygen atoms in total. The normalized spacial score (nSPS) is 11.5. The van der Waals surface area contributed by atoms with Crippen molar-refractivity contribution < 1.29 is 28.6 Å². The molecule has 0 spiro atoms. The van der Waals surface area contributed by atoms with Gasteiger partial charge in [-0.2, -0.15) is 0 Å². The van der Waals surface area contributed by atoms with Crippen LogP contribution in [0.1, 0.15) is 42.7 Å². The molecule has 0 bridgehead atoms. The molecule has 0 saturated carbocycles. The number of carbonyl (C=O) groups is 3. The minimum atomic E-state index is -1.74. The molecule has 156 valence electrons. The number of aromatic amines is 1. The van der Waals surface area contributed by atoms with Crippen LogP contribution in [0.25, 0.3) is 10.9 Å². The Kier molecular flexibility index (Phi) is 5.94. The quantitative estimate of drug-likeness (QED) is 0.312. The van der Waals surface area contributed by atoms with Gasteiger partial charge in [-0.05, 0) is 55.3 Å². The number of carboxylic acids is 1. The van der Waals surface area contributed by atoms with Crippen LogP contribution in [0.15, 0.2) is 42.5 Å². The van der Waals surface area contributed by atoms with Crippen LogP contribution in [0.3, 0.4) is 0 Å². The van der Waals surface area contributed by atoms with Crippen molar-refractivity contribution in [2.75, 3.05) is 0 Å². The number of esters is 1. The van der Waals surface area contributed by atoms with Crippen LogP contribution in [-0.4, -0.2) is 27.8 Å². The third-order valence-corrected chi connectivity index (χ3v) is 5.48. The average Bonchev–Trinajstić information content (AvgIpc) is 3.06. The molecule has 0 aliphatic rings. The number of hydrogen-bond acceptors (Lipinski definition) is 4. The molecular formula is C22H19ClFNO5. The zero-order valence-corrected chi connectivity index (χ0v) is 17.0. The molecule has 0 aliphatic carbocycles. The van der Waals surface area contributed by atoms with Crippen LogP contribution in [0, 0.1) is 11.2 Å². The predicted octanol–water partition coefficient (Wildman–Crippen LogP) is 4.99. The molecule has 0 amide bonds. The Balaban J connectivity index is 2.14. The predicted molar refractivity (Wildman–Crippen MR) is 109 cm³/mol. The van der Waals surface area contributed by atoms with Gasteiger partial charge in [-0.3, -0.25) is 14.4 Å². The first kappa shape index (κ1) is 21.5. The van der Waals surface area contributed by atoms with E-state index in [-0.39, 0.29) is 29.8 Å². The lowest BCUT2D eigenvalue weighted by Gasteiger charge is -2.24. The maximum atomic E-state index is 13.2. The molecular weight excluding hydrogens is 413 g/mol. The number of rotatable bonds is 7. The summed E-state index contributed by atoms with van der Waals surface area (Å²) in [6, 6.07) is 9.58. The highest BCUT2D eigenvalue weighted by atomic mass is 35.5. The molecule has 0 aliphatic heterocycles. The molecule has 8 heteroatoms. The van der Waals surface area contributed by atoms with E-state index in [4.69, 9.17) is 16.3 Å². The highest BCUT2D eigenvalue weighted by Crippen LogP contribution is 2.36. The van der Waals surface area contributed by atoms with Crippen LogP contribution < -0.4 is 4.74 Å². The van der Waals surface area contributed by atoms with Gasteiger partial charge >= 0.3 is 11.9 Å². The van der Waals surface area contributed by atoms with Gasteiger partial charge in [-0.15, -0.1) is 0 Å². The van der Waals surface area contributed by atoms with Gasteiger partial charge in [0.25, 0.3) is 0 Å². The van der Waals surface area contributed by atoms with Crippen molar-refractivity contribution in [1.29, 1.82) is 0 Å². The summed E-state index contributed by atoms with van der Waals surface area (Å²) in [4.78, 5) is 40.6. The Morgan fingerprint density at radius 2 is 1.73 bits per heavy atom. The number of hydrogen-bond donors (Lipinski definition) is 2. The third-order valence-electron chi connectivity index (χ3n) is 5.25. The minimum Gasteiger partial charge on any atom is -0.480 e. The SMILES string of the molecule is CCC(CC)(C(=O)O)C(=O)Oc1c(C(=O)c2ccc(F)cc2)[nH]c2cc(Cl)ccc12. The van der Waals surface area contributed by atoms with Crippen molar-refractivity contribution >= 4 is 40.2 Å². The van der Waals surface area contributed by atoms with E-state index in [1.54, 1.807) is 32.0 Å². The standard InChI is InChI=1S/C22H19ClFNO5/c1-3-22(4-2,20(27)28)21(29)30-19-15-10-7-13(23)11-16(15)25-17(19)18(26)12-5-8-14(24)9-6-12/h5-11,25H,3-4H2,1-2H3,(H,27,28). The molecule has 0 saturated heterocycles. The Hall–Kier alpha value is -3.19. The van der Waals surface area contributed by atoms with E-state index in [9.17, 15) is 23.9 Å². The Labute approximate surface area is 176 Å². The van der Waals surface area contributed by atoms with E-state index in [2.05, 4.69) is 4.98 Å². The zero-order valence-electron chi connectivity index (χ0n) is 16.3. The van der Waals surface area contributed by atoms with Crippen molar-refractivity contribution in [3.8, 4) is 5.75 Å². The number of ketones is 1. The van der Waals surface area contributed by atoms with Gasteiger partial charge in [0.2, 0.25) is 5.78 Å². The van der Waals surface area contributed by atoms with Crippen LogP contribution in [-0.2, 0) is 9.59 Å². The van der Waals surface area contributed by atoms with Gasteiger partial charge < -0.3 is 14.8 Å². The first-order valence-electron chi connectivity index (χ1n) is 9.30. The summed E-state index contributed by atoms with van der Waals surface area (Å²) in [7, 11) is 0. The fourth-order valence-electron chi connectivity index (χ4n) is 3.27. The summed E-state index contributed by atoms with van der Waals surface area (Å²) < 4.78 is 18.8. The molecule has 3 rings (SSSR count). The number of halogens is 2. The number of fused-ring (bicyclic) bond motifs is 1. The van der Waals surface area contributed by atoms with Crippen molar-refractivity contribution in [2.24, 2.45) is 5.41 Å². The fourth-order valence-corrected chi connectivity index (χ4v) is 3.45. The van der Waals surface area contributed by atoms with Crippen molar-refractivity contribution in [3.63, 3.8) is 0 Å². The lowest BCUT2D eigenvalue weighted by molar-refractivity contribution is -0.163. The number of H-pyrrole nitrogens is 1. The summed E-state index contributed by atoms with van der Waals surface area (Å²) in [5.41, 5.74) is -1.20. The van der Waals surface area contributed by atoms with Crippen LogP contribution in [0.5, 0.6) is 5.75 Å². The number of aliphatic carboxylic acids is 1. The molecule has 0 unspecified atom stereocenters. The number of ether oxygens (including phenoxy) is 1. The lowest BCUT2D eigenvalue weighted by Crippen LogP contribution is -2.41. The first-order valence-corrected chi connectivity index (χ1v) is 9.68. The highest BCUT2D eigenvalue weighted by Gasteiger charge is 2.45. The molecule has 2 aromatic carbocycles. The van der Waals surface area contributed by atoms with Gasteiger partial charge in [-0.25, -0.2) is 4.39 Å². The van der Waals surface area contributed by atoms with Crippen LogP contribution >= 0.6 is 11.6 Å². The van der Waals surface area contributed by atoms with Crippen LogP contribution in [0.4, 0.5) is 4.39 Å². The maximum absolute atomic E-state index is 13.2. The average molecular weight is 432 g/mol. The monoisotopic (exact) mass is 431 g/mol. The Morgan fingerprint density at radius 3 is 2.30 bits per heavy atom. The Bertz CT molecular complexity index is 1130. The van der Waals surface area contributed by atoms with E-state index < -0.39 is 29.0 Å². The number of benzene rings is 2. The highest BCUT2D eigenvalue weighted by molar-refractivity contribution is 6.31. The number of carboxylic acid groups (broad SMARTS) is 1. The largest absolute Gasteiger partial charge is 0.480 e. The molecule has 1 heterocycles. The molecule has 0 atom stereocenters. The third kappa shape index (κ3) is 3.68. The number of carbonyl (C=O) groups excluding carboxylic acids is 2. The summed E-state index contributed by atoms with van der Waals surface area (Å²) in [6.07, 6.45) is 0.0418. The maximum Gasteiger partial charge on any atom is 0.328 e. The molecule has 3 aromatic rings. The fraction of sp³-hybridized carbons (Fsp3) is 0.227. The topological polar surface area (TPSA) is 96.5 Å². The number of nitrogens with one attached hydrogen (secondary N) is 1. The second-order valence-corrected chi connectivity index (χ2v) is 7.28. The van der Waals surface area contributed by atoms with E-state index in [1.807, 2.05) is 0 Å². The molecule has 2 N–H and O–H groups in total. The van der Waals surface area contributed by atoms with Gasteiger partial charge in [0.1, 0.15) is 11.5 Å². The van der Waals surface area contributed by atoms with Gasteiger partial charge in [0, 0.05) is 16.0 Å². The van der Waals surface area contributed by atoms with Gasteiger partial charge in [-0.1, -0.05) is 25.4 Å². The molecule has 30 heavy (non-hydrogen) atoms. The second-order valence-electron chi connectivity index (χ2n) is 6.84. The minimum absolute atomic E-state index is 0.0209. The second kappa shape index (κ2) is 8.28. The summed E-state index contributed by atoms with van der Waals surface area (Å²) >= 11 is 6.03. The smallest absolute Gasteiger partial charge is 0.328 e. The van der Waals surface area contributed by atoms with Crippen molar-refractivity contribution in [2.45, 2.75) is 26.7 Å². The van der Waals surface area contributed by atoms with E-state index >= 15 is 0 Å². The number of aromatic nitrogens is 1. The molecule has 0 fully saturated rings. The summed E-state index contributed by atoms with van der Waals surface area (Å²) in [5, 5.41) is 10.4. The van der Waals surface area contributed by atoms with Crippen LogP contribution in [0.2, 0.25) is 5.02 Å². The van der Waals surface area contributed by atoms with E-state index in [1.165, 1.54) is 12.1 Å². The van der Waals surface area contributed by atoms with E-state index in [0.717, 1.165) is 12.1 Å². The van der Waals surface area contributed by atoms with Crippen molar-refractivity contribution in [3.05, 3.63) is 64.6 Å². The first-order chi connectivity index (χ1) is 14.2. The Morgan fingerprint density at radius 1 is 1.10 bits per heavy atom. The van der Waals surface area contributed by atoms with Gasteiger partial charge in [0.15, 0.2) is 11.2 Å². The molecule has 0 radical (unpaired) electrons. The molecule has 1 aromatic heterocycles. The zero-order chi connectivity index (χ0) is 22.1. The van der Waals surface area contributed by atoms with Gasteiger partial charge in [0.05, 0.1) is 5.52 Å². The lowest BCUT2D eigenvalue weighted by atomic mass is 9.82. The van der Waals surface area contributed by atoms with E-state index in [0.29, 0.717) is 15.9 Å². The van der Waals surface area contributed by atoms with Crippen molar-refractivity contribution in [1.82, 2.24) is 4.98 Å².